The van der Waals surface area contributed by atoms with E-state index in [1.54, 1.807) is 0 Å². The van der Waals surface area contributed by atoms with Crippen LogP contribution in [0, 0.1) is 0 Å². The van der Waals surface area contributed by atoms with Crippen molar-refractivity contribution in [3.05, 3.63) is 53.3 Å². The Hall–Kier alpha value is -0.570. The van der Waals surface area contributed by atoms with Gasteiger partial charge in [-0.25, -0.2) is 0 Å². The Kier molecular flexibility index (Phi) is 8.43. The summed E-state index contributed by atoms with van der Waals surface area (Å²) >= 11 is 13.7. The van der Waals surface area contributed by atoms with E-state index >= 15 is 0 Å². The molecule has 2 aromatic carbocycles. The first kappa shape index (κ1) is 23.7. The number of unbranched alkanes of at least 4 members (excludes halogenated alkanes) is 1. The summed E-state index contributed by atoms with van der Waals surface area (Å²) in [5.41, 5.74) is 1.56. The van der Waals surface area contributed by atoms with Crippen molar-refractivity contribution in [2.75, 3.05) is 7.11 Å². The number of carbonyl (C=O) groups is 1. The molecule has 0 saturated carbocycles. The molecule has 0 spiro atoms. The molecule has 152 valence electrons. The maximum atomic E-state index is 11.4. The summed E-state index contributed by atoms with van der Waals surface area (Å²) in [7, 11) is 1.39. The predicted octanol–water partition coefficient (Wildman–Crippen LogP) is 7.19. The highest BCUT2D eigenvalue weighted by Crippen LogP contribution is 2.45. The van der Waals surface area contributed by atoms with Crippen LogP contribution in [0.4, 0.5) is 0 Å². The minimum absolute atomic E-state index is 0.143. The molecule has 2 rings (SSSR count). The molecule has 0 aliphatic rings. The first-order valence-electron chi connectivity index (χ1n) is 8.54. The number of aromatic hydroxyl groups is 2. The van der Waals surface area contributed by atoms with Gasteiger partial charge in [-0.2, -0.15) is 0 Å². The van der Waals surface area contributed by atoms with E-state index in [0.29, 0.717) is 30.7 Å². The monoisotopic (exact) mass is 640 g/mol. The summed E-state index contributed by atoms with van der Waals surface area (Å²) in [5, 5.41) is 20.2. The summed E-state index contributed by atoms with van der Waals surface area (Å²) in [6.07, 6.45) is 2.65. The van der Waals surface area contributed by atoms with Gasteiger partial charge in [0, 0.05) is 11.8 Å². The minimum atomic E-state index is -0.423. The fourth-order valence-electron chi connectivity index (χ4n) is 3.07. The predicted molar refractivity (Wildman–Crippen MR) is 124 cm³/mol. The fourth-order valence-corrected chi connectivity index (χ4v) is 5.45. The molecule has 0 aromatic heterocycles. The summed E-state index contributed by atoms with van der Waals surface area (Å²) in [4.78, 5) is 11.4. The summed E-state index contributed by atoms with van der Waals surface area (Å²) in [6, 6.07) is 7.59. The second kappa shape index (κ2) is 9.96. The van der Waals surface area contributed by atoms with Crippen LogP contribution >= 0.6 is 63.7 Å². The molecule has 4 nitrogen and oxygen atoms in total. The normalized spacial score (nSPS) is 11.5. The van der Waals surface area contributed by atoms with E-state index in [1.807, 2.05) is 24.3 Å². The number of phenols is 2. The van der Waals surface area contributed by atoms with E-state index in [0.717, 1.165) is 24.0 Å². The van der Waals surface area contributed by atoms with E-state index in [2.05, 4.69) is 70.6 Å². The number of rotatable bonds is 7. The number of benzene rings is 2. The van der Waals surface area contributed by atoms with E-state index < -0.39 is 5.41 Å². The summed E-state index contributed by atoms with van der Waals surface area (Å²) < 4.78 is 7.09. The van der Waals surface area contributed by atoms with Gasteiger partial charge in [0.25, 0.3) is 0 Å². The molecule has 2 aromatic rings. The van der Waals surface area contributed by atoms with Crippen molar-refractivity contribution in [3.63, 3.8) is 0 Å². The number of hydrogen-bond acceptors (Lipinski definition) is 4. The third-order valence-electron chi connectivity index (χ3n) is 4.84. The molecule has 0 heterocycles. The Morgan fingerprint density at radius 3 is 1.64 bits per heavy atom. The van der Waals surface area contributed by atoms with Gasteiger partial charge in [-0.3, -0.25) is 4.79 Å². The van der Waals surface area contributed by atoms with Gasteiger partial charge >= 0.3 is 5.97 Å². The van der Waals surface area contributed by atoms with E-state index in [1.165, 1.54) is 7.11 Å². The Morgan fingerprint density at radius 1 is 0.893 bits per heavy atom. The van der Waals surface area contributed by atoms with Crippen LogP contribution in [0.1, 0.15) is 43.7 Å². The summed E-state index contributed by atoms with van der Waals surface area (Å²) in [6.45, 7) is 2.11. The maximum absolute atomic E-state index is 11.4. The van der Waals surface area contributed by atoms with Crippen LogP contribution in [0.5, 0.6) is 11.5 Å². The molecule has 0 aliphatic carbocycles. The lowest BCUT2D eigenvalue weighted by molar-refractivity contribution is -0.140. The molecule has 28 heavy (non-hydrogen) atoms. The zero-order valence-corrected chi connectivity index (χ0v) is 21.7. The van der Waals surface area contributed by atoms with Crippen LogP contribution in [0.15, 0.2) is 42.2 Å². The topological polar surface area (TPSA) is 66.8 Å². The van der Waals surface area contributed by atoms with Crippen molar-refractivity contribution in [2.24, 2.45) is 0 Å². The van der Waals surface area contributed by atoms with E-state index in [4.69, 9.17) is 4.74 Å². The lowest BCUT2D eigenvalue weighted by atomic mass is 9.72. The van der Waals surface area contributed by atoms with Crippen molar-refractivity contribution in [1.29, 1.82) is 0 Å². The van der Waals surface area contributed by atoms with Crippen molar-refractivity contribution in [3.8, 4) is 11.5 Å². The third-order valence-corrected chi connectivity index (χ3v) is 7.26. The minimum Gasteiger partial charge on any atom is -0.506 e. The van der Waals surface area contributed by atoms with Crippen LogP contribution in [0.3, 0.4) is 0 Å². The first-order chi connectivity index (χ1) is 13.1. The van der Waals surface area contributed by atoms with Crippen molar-refractivity contribution >= 4 is 69.7 Å². The molecular weight excluding hydrogens is 624 g/mol. The molecular formula is C20H20Br4O4. The standard InChI is InChI=1S/C20H20Br4O4/c1-20(6-4-3-5-17(25)28-2,11-7-13(21)18(26)14(22)8-11)12-9-15(23)19(27)16(24)10-12/h7-10,26-27H,3-6H2,1-2H3. The number of esters is 1. The number of carbonyl (C=O) groups excluding carboxylic acids is 1. The molecule has 0 fully saturated rings. The number of phenolic OH excluding ortho intramolecular Hbond substituents is 2. The molecule has 0 atom stereocenters. The second-order valence-corrected chi connectivity index (χ2v) is 10.1. The van der Waals surface area contributed by atoms with E-state index in [9.17, 15) is 15.0 Å². The van der Waals surface area contributed by atoms with Crippen LogP contribution in [-0.2, 0) is 14.9 Å². The van der Waals surface area contributed by atoms with Gasteiger partial charge in [-0.1, -0.05) is 13.3 Å². The molecule has 8 heteroatoms. The number of ether oxygens (including phenoxy) is 1. The van der Waals surface area contributed by atoms with Gasteiger partial charge in [-0.05, 0) is 112 Å². The summed E-state index contributed by atoms with van der Waals surface area (Å²) in [5.74, 6) is 0.0710. The second-order valence-electron chi connectivity index (χ2n) is 6.69. The average molecular weight is 644 g/mol. The number of methoxy groups -OCH3 is 1. The van der Waals surface area contributed by atoms with E-state index in [-0.39, 0.29) is 17.5 Å². The lowest BCUT2D eigenvalue weighted by Crippen LogP contribution is -2.24. The highest BCUT2D eigenvalue weighted by Gasteiger charge is 2.31. The lowest BCUT2D eigenvalue weighted by Gasteiger charge is -2.32. The molecule has 0 unspecified atom stereocenters. The molecule has 0 aliphatic heterocycles. The zero-order valence-electron chi connectivity index (χ0n) is 15.4. The van der Waals surface area contributed by atoms with Crippen LogP contribution in [0.25, 0.3) is 0 Å². The zero-order chi connectivity index (χ0) is 21.1. The highest BCUT2D eigenvalue weighted by atomic mass is 79.9. The Morgan fingerprint density at radius 2 is 1.29 bits per heavy atom. The maximum Gasteiger partial charge on any atom is 0.305 e. The van der Waals surface area contributed by atoms with Crippen molar-refractivity contribution < 1.29 is 19.7 Å². The van der Waals surface area contributed by atoms with Gasteiger partial charge in [0.2, 0.25) is 0 Å². The molecule has 0 bridgehead atoms. The smallest absolute Gasteiger partial charge is 0.305 e. The Bertz CT molecular complexity index is 779. The average Bonchev–Trinajstić information content (AvgIpc) is 2.66. The van der Waals surface area contributed by atoms with Gasteiger partial charge in [0.05, 0.1) is 25.0 Å². The molecule has 0 saturated heterocycles. The first-order valence-corrected chi connectivity index (χ1v) is 11.7. The number of hydrogen-bond donors (Lipinski definition) is 2. The van der Waals surface area contributed by atoms with Crippen LogP contribution in [0.2, 0.25) is 0 Å². The molecule has 0 radical (unpaired) electrons. The highest BCUT2D eigenvalue weighted by molar-refractivity contribution is 9.11. The van der Waals surface area contributed by atoms with Crippen LogP contribution < -0.4 is 0 Å². The fraction of sp³-hybridized carbons (Fsp3) is 0.350. The van der Waals surface area contributed by atoms with Crippen molar-refractivity contribution in [1.82, 2.24) is 0 Å². The van der Waals surface area contributed by atoms with Crippen molar-refractivity contribution in [2.45, 2.75) is 38.0 Å². The van der Waals surface area contributed by atoms with Gasteiger partial charge < -0.3 is 14.9 Å². The van der Waals surface area contributed by atoms with Crippen LogP contribution in [-0.4, -0.2) is 23.3 Å². The quantitative estimate of drug-likeness (QED) is 0.248. The Balaban J connectivity index is 2.48. The third kappa shape index (κ3) is 5.32. The largest absolute Gasteiger partial charge is 0.506 e. The number of halogens is 4. The SMILES string of the molecule is COC(=O)CCCCC(C)(c1cc(Br)c(O)c(Br)c1)c1cc(Br)c(O)c(Br)c1. The molecule has 2 N–H and O–H groups in total. The Labute approximate surface area is 198 Å². The molecule has 0 amide bonds. The van der Waals surface area contributed by atoms with Gasteiger partial charge in [-0.15, -0.1) is 0 Å². The van der Waals surface area contributed by atoms with Gasteiger partial charge in [0.1, 0.15) is 11.5 Å². The van der Waals surface area contributed by atoms with Gasteiger partial charge in [0.15, 0.2) is 0 Å².